The number of hydrogen-bond acceptors (Lipinski definition) is 3. The average molecular weight is 279 g/mol. The fourth-order valence-electron chi connectivity index (χ4n) is 0.707. The third-order valence-electron chi connectivity index (χ3n) is 2.31. The Morgan fingerprint density at radius 1 is 1.27 bits per heavy atom. The lowest BCUT2D eigenvalue weighted by atomic mass is 9.85. The van der Waals surface area contributed by atoms with Gasteiger partial charge in [-0.2, -0.15) is 0 Å². The van der Waals surface area contributed by atoms with Crippen molar-refractivity contribution in [3.8, 4) is 0 Å². The van der Waals surface area contributed by atoms with Crippen LogP contribution in [0.3, 0.4) is 0 Å². The zero-order chi connectivity index (χ0) is 12.5. The molecule has 7 heteroatoms. The summed E-state index contributed by atoms with van der Waals surface area (Å²) in [5, 5.41) is 21.2. The van der Waals surface area contributed by atoms with Crippen LogP contribution in [0.25, 0.3) is 0 Å². The Morgan fingerprint density at radius 3 is 1.87 bits per heavy atom. The molecule has 0 aliphatic heterocycles. The number of nitrogens with one attached hydrogen (secondary N) is 1. The molecule has 0 aromatic heterocycles. The summed E-state index contributed by atoms with van der Waals surface area (Å²) >= 11 is 16.1. The van der Waals surface area contributed by atoms with E-state index in [9.17, 15) is 9.90 Å². The molecule has 1 amide bonds. The van der Waals surface area contributed by atoms with Crippen molar-refractivity contribution < 1.29 is 15.0 Å². The summed E-state index contributed by atoms with van der Waals surface area (Å²) in [6.45, 7) is 3.83. The summed E-state index contributed by atoms with van der Waals surface area (Å²) in [5.74, 6) is -0.897. The maximum Gasteiger partial charge on any atom is 0.272 e. The maximum absolute atomic E-state index is 11.4. The number of aliphatic hydroxyl groups is 2. The largest absolute Gasteiger partial charge is 0.394 e. The standard InChI is InChI=1S/C8H14Cl3NO3/c1-6(2,15)7(3,4-13)12-5(14)8(9,10)11/h13,15H,4H2,1-3H3,(H,12,14)/t7-/m0/s1. The van der Waals surface area contributed by atoms with Gasteiger partial charge in [-0.3, -0.25) is 4.79 Å². The van der Waals surface area contributed by atoms with Crippen molar-refractivity contribution >= 4 is 40.7 Å². The lowest BCUT2D eigenvalue weighted by molar-refractivity contribution is -0.127. The number of carbonyl (C=O) groups is 1. The van der Waals surface area contributed by atoms with Gasteiger partial charge in [0, 0.05) is 0 Å². The molecule has 1 atom stereocenters. The van der Waals surface area contributed by atoms with Crippen molar-refractivity contribution in [1.29, 1.82) is 0 Å². The van der Waals surface area contributed by atoms with E-state index in [1.165, 1.54) is 20.8 Å². The van der Waals surface area contributed by atoms with Crippen molar-refractivity contribution in [2.75, 3.05) is 6.61 Å². The van der Waals surface area contributed by atoms with E-state index >= 15 is 0 Å². The summed E-state index contributed by atoms with van der Waals surface area (Å²) in [7, 11) is 0. The molecule has 0 rings (SSSR count). The molecule has 0 bridgehead atoms. The zero-order valence-electron chi connectivity index (χ0n) is 8.64. The molecule has 0 aromatic rings. The Balaban J connectivity index is 4.83. The highest BCUT2D eigenvalue weighted by atomic mass is 35.6. The van der Waals surface area contributed by atoms with E-state index in [0.29, 0.717) is 0 Å². The number of halogens is 3. The van der Waals surface area contributed by atoms with E-state index in [1.807, 2.05) is 0 Å². The van der Waals surface area contributed by atoms with Crippen LogP contribution in [0, 0.1) is 0 Å². The van der Waals surface area contributed by atoms with Gasteiger partial charge < -0.3 is 15.5 Å². The molecule has 4 nitrogen and oxygen atoms in total. The molecule has 0 heterocycles. The van der Waals surface area contributed by atoms with Gasteiger partial charge in [0.15, 0.2) is 0 Å². The van der Waals surface area contributed by atoms with E-state index in [-0.39, 0.29) is 0 Å². The number of hydrogen-bond donors (Lipinski definition) is 3. The molecule has 0 unspecified atom stereocenters. The Bertz CT molecular complexity index is 246. The fourth-order valence-corrected chi connectivity index (χ4v) is 0.849. The Hall–Kier alpha value is 0.260. The molecule has 0 aromatic carbocycles. The summed E-state index contributed by atoms with van der Waals surface area (Å²) in [5.41, 5.74) is -2.64. The van der Waals surface area contributed by atoms with Crippen molar-refractivity contribution in [2.24, 2.45) is 0 Å². The monoisotopic (exact) mass is 277 g/mol. The van der Waals surface area contributed by atoms with Gasteiger partial charge in [-0.05, 0) is 20.8 Å². The van der Waals surface area contributed by atoms with E-state index in [4.69, 9.17) is 39.9 Å². The van der Waals surface area contributed by atoms with Gasteiger partial charge in [0.2, 0.25) is 0 Å². The lowest BCUT2D eigenvalue weighted by Crippen LogP contribution is -2.63. The number of amides is 1. The van der Waals surface area contributed by atoms with Crippen LogP contribution in [-0.2, 0) is 4.79 Å². The van der Waals surface area contributed by atoms with Gasteiger partial charge in [0.05, 0.1) is 17.7 Å². The van der Waals surface area contributed by atoms with Crippen LogP contribution in [0.4, 0.5) is 0 Å². The predicted octanol–water partition coefficient (Wildman–Crippen LogP) is 0.995. The SMILES string of the molecule is CC(C)(O)[C@](C)(CO)NC(=O)C(Cl)(Cl)Cl. The van der Waals surface area contributed by atoms with E-state index in [0.717, 1.165) is 0 Å². The molecule has 0 fully saturated rings. The summed E-state index contributed by atoms with van der Waals surface area (Å²) in [6, 6.07) is 0. The molecule has 15 heavy (non-hydrogen) atoms. The van der Waals surface area contributed by atoms with E-state index in [2.05, 4.69) is 5.32 Å². The first-order chi connectivity index (χ1) is 6.44. The smallest absolute Gasteiger partial charge is 0.272 e. The topological polar surface area (TPSA) is 69.6 Å². The molecule has 3 N–H and O–H groups in total. The van der Waals surface area contributed by atoms with Crippen LogP contribution in [0.15, 0.2) is 0 Å². The highest BCUT2D eigenvalue weighted by Crippen LogP contribution is 2.29. The highest BCUT2D eigenvalue weighted by molar-refractivity contribution is 6.76. The van der Waals surface area contributed by atoms with Gasteiger partial charge >= 0.3 is 0 Å². The second-order valence-corrected chi connectivity index (χ2v) is 6.28. The van der Waals surface area contributed by atoms with Gasteiger partial charge in [-0.15, -0.1) is 0 Å². The van der Waals surface area contributed by atoms with Crippen molar-refractivity contribution in [2.45, 2.75) is 35.7 Å². The Kier molecular flexibility index (Phi) is 4.71. The predicted molar refractivity (Wildman–Crippen MR) is 60.2 cm³/mol. The molecule has 0 radical (unpaired) electrons. The van der Waals surface area contributed by atoms with Gasteiger partial charge in [-0.1, -0.05) is 34.8 Å². The molecule has 0 saturated heterocycles. The Morgan fingerprint density at radius 2 is 1.67 bits per heavy atom. The minimum absolute atomic E-state index is 0.483. The van der Waals surface area contributed by atoms with Gasteiger partial charge in [-0.25, -0.2) is 0 Å². The summed E-state index contributed by atoms with van der Waals surface area (Å²) in [4.78, 5) is 11.4. The van der Waals surface area contributed by atoms with Gasteiger partial charge in [0.1, 0.15) is 0 Å². The number of aliphatic hydroxyl groups excluding tert-OH is 1. The Labute approximate surface area is 104 Å². The van der Waals surface area contributed by atoms with Crippen LogP contribution < -0.4 is 5.32 Å². The molecule has 0 spiro atoms. The fraction of sp³-hybridized carbons (Fsp3) is 0.875. The molecular weight excluding hydrogens is 264 g/mol. The first kappa shape index (κ1) is 15.3. The maximum atomic E-state index is 11.4. The summed E-state index contributed by atoms with van der Waals surface area (Å²) < 4.78 is -2.12. The molecular formula is C8H14Cl3NO3. The van der Waals surface area contributed by atoms with E-state index in [1.54, 1.807) is 0 Å². The average Bonchev–Trinajstić information content (AvgIpc) is 2.00. The van der Waals surface area contributed by atoms with Crippen LogP contribution >= 0.6 is 34.8 Å². The third kappa shape index (κ3) is 3.96. The number of carbonyl (C=O) groups excluding carboxylic acids is 1. The van der Waals surface area contributed by atoms with Crippen LogP contribution in [-0.4, -0.2) is 37.7 Å². The quantitative estimate of drug-likeness (QED) is 0.675. The van der Waals surface area contributed by atoms with Crippen LogP contribution in [0.2, 0.25) is 0 Å². The first-order valence-electron chi connectivity index (χ1n) is 4.16. The zero-order valence-corrected chi connectivity index (χ0v) is 10.9. The van der Waals surface area contributed by atoms with Crippen molar-refractivity contribution in [3.63, 3.8) is 0 Å². The number of alkyl halides is 3. The van der Waals surface area contributed by atoms with Crippen molar-refractivity contribution in [1.82, 2.24) is 5.32 Å². The normalized spacial score (nSPS) is 17.1. The van der Waals surface area contributed by atoms with Gasteiger partial charge in [0.25, 0.3) is 9.70 Å². The summed E-state index contributed by atoms with van der Waals surface area (Å²) in [6.07, 6.45) is 0. The van der Waals surface area contributed by atoms with Crippen molar-refractivity contribution in [3.05, 3.63) is 0 Å². The van der Waals surface area contributed by atoms with E-state index < -0.39 is 27.4 Å². The minimum atomic E-state index is -2.12. The molecule has 90 valence electrons. The second kappa shape index (κ2) is 4.63. The third-order valence-corrected chi connectivity index (χ3v) is 2.83. The lowest BCUT2D eigenvalue weighted by Gasteiger charge is -2.40. The van der Waals surface area contributed by atoms with Crippen LogP contribution in [0.5, 0.6) is 0 Å². The molecule has 0 saturated carbocycles. The van der Waals surface area contributed by atoms with Crippen LogP contribution in [0.1, 0.15) is 20.8 Å². The minimum Gasteiger partial charge on any atom is -0.394 e. The second-order valence-electron chi connectivity index (χ2n) is 4.00. The first-order valence-corrected chi connectivity index (χ1v) is 5.30. The number of rotatable bonds is 3. The molecule has 0 aliphatic rings. The highest BCUT2D eigenvalue weighted by Gasteiger charge is 2.44. The molecule has 0 aliphatic carbocycles.